The van der Waals surface area contributed by atoms with Crippen LogP contribution in [0, 0.1) is 22.7 Å². The zero-order chi connectivity index (χ0) is 55.3. The fourth-order valence-corrected chi connectivity index (χ4v) is 17.1. The summed E-state index contributed by atoms with van der Waals surface area (Å²) < 4.78 is 0. The Bertz CT molecular complexity index is 2590. The lowest BCUT2D eigenvalue weighted by atomic mass is 9.83. The predicted octanol–water partition coefficient (Wildman–Crippen LogP) is 4.88. The van der Waals surface area contributed by atoms with Gasteiger partial charge in [0.05, 0.1) is 56.6 Å². The Kier molecular flexibility index (Phi) is 17.5. The number of fused-ring (bicyclic) bond motifs is 4. The van der Waals surface area contributed by atoms with Crippen LogP contribution in [0.5, 0.6) is 0 Å². The first-order chi connectivity index (χ1) is 36.5. The van der Waals surface area contributed by atoms with E-state index < -0.39 is 63.8 Å². The van der Waals surface area contributed by atoms with E-state index >= 15 is 0 Å². The monoisotopic (exact) mass is 1130 g/mol. The molecule has 13 atom stereocenters. The molecular weight excluding hydrogens is 1050 g/mol. The number of nitrogens with one attached hydrogen (secondary N) is 8. The molecule has 2 aromatic carbocycles. The van der Waals surface area contributed by atoms with E-state index in [1.165, 1.54) is 0 Å². The van der Waals surface area contributed by atoms with Crippen molar-refractivity contribution in [3.63, 3.8) is 0 Å². The third-order valence-corrected chi connectivity index (χ3v) is 21.6. The Balaban J connectivity index is 0.832. The van der Waals surface area contributed by atoms with E-state index in [1.54, 1.807) is 28.4 Å². The van der Waals surface area contributed by atoms with Gasteiger partial charge in [0.2, 0.25) is 35.4 Å². The van der Waals surface area contributed by atoms with Crippen molar-refractivity contribution < 1.29 is 28.8 Å². The minimum atomic E-state index is -0.743. The zero-order valence-corrected chi connectivity index (χ0v) is 49.5. The van der Waals surface area contributed by atoms with E-state index in [4.69, 9.17) is 24.8 Å². The van der Waals surface area contributed by atoms with E-state index in [2.05, 4.69) is 70.2 Å². The van der Waals surface area contributed by atoms with E-state index in [-0.39, 0.29) is 70.4 Å². The average molecular weight is 1130 g/mol. The Morgan fingerprint density at radius 2 is 1.06 bits per heavy atom. The van der Waals surface area contributed by atoms with Gasteiger partial charge < -0.3 is 47.0 Å². The number of carbonyl (C=O) groups excluding carboxylic acids is 6. The van der Waals surface area contributed by atoms with Crippen LogP contribution in [-0.4, -0.2) is 140 Å². The highest BCUT2D eigenvalue weighted by Crippen LogP contribution is 2.49. The number of hydrogen-bond donors (Lipinski definition) is 9. The standard InChI is InChI=1S/C57H82N10O6S4/c1-30(58-8)52(74)62-40-22-24-76-42-28-55(3,4)46(66(42)53(40)72)50(70)63-44-36-16-12-10-14-32(36)26-38(44)48(68)60-34-18-20-35(21-19-34)61-49(69)39-27-33-15-11-13-17-37(33)45(39)64-51(71)47-56(5,6)29-43-67(47)54(73)41(23-25-77-43)65-57(7,75)31(2)59-9/h10-17,30-31,34-35,38-47,58-59,65,75H,18-29H2,1-9H3,(H,60,68)(H,61,69)(H,62,74)(H,63,70)(H,64,71)/t30-,31-,34?,35?,38+,39+,40-,41-,42-,43-,44-,45-,46+,47+,57?/m0/s1. The van der Waals surface area contributed by atoms with Crippen LogP contribution in [0.15, 0.2) is 48.5 Å². The van der Waals surface area contributed by atoms with Gasteiger partial charge in [-0.15, -0.1) is 23.5 Å². The normalized spacial score (nSPS) is 32.7. The molecule has 1 unspecified atom stereocenters. The van der Waals surface area contributed by atoms with Crippen LogP contribution in [0.3, 0.4) is 0 Å². The van der Waals surface area contributed by atoms with E-state index in [0.29, 0.717) is 69.2 Å². The number of thiocarbonyl (C=S) groups is 1. The smallest absolute Gasteiger partial charge is 0.246 e. The summed E-state index contributed by atoms with van der Waals surface area (Å²) in [6.07, 6.45) is 6.14. The number of likely N-dealkylation sites (N-methyl/N-ethyl adjacent to an activating group) is 2. The van der Waals surface area contributed by atoms with Gasteiger partial charge in [-0.05, 0) is 144 Å². The largest absolute Gasteiger partial charge is 0.367 e. The first-order valence-corrected chi connectivity index (χ1v) is 30.9. The molecule has 7 aliphatic rings. The molecule has 9 rings (SSSR count). The second-order valence-electron chi connectivity index (χ2n) is 24.4. The van der Waals surface area contributed by atoms with Crippen molar-refractivity contribution in [2.24, 2.45) is 22.7 Å². The molecule has 5 fully saturated rings. The summed E-state index contributed by atoms with van der Waals surface area (Å²) in [4.78, 5) is 91.1. The fourth-order valence-electron chi connectivity index (χ4n) is 13.4. The van der Waals surface area contributed by atoms with E-state index in [9.17, 15) is 28.8 Å². The lowest BCUT2D eigenvalue weighted by molar-refractivity contribution is -0.143. The third-order valence-electron chi connectivity index (χ3n) is 18.1. The van der Waals surface area contributed by atoms with Gasteiger partial charge >= 0.3 is 0 Å². The number of benzene rings is 2. The highest BCUT2D eigenvalue weighted by Gasteiger charge is 2.57. The topological polar surface area (TPSA) is 205 Å². The SMILES string of the molecule is CN[C@@H](C)C(=S)N[C@H]1CCS[C@H]2CC(C)(C)[C@@H](C(=O)N[C@H]3c4ccccc4C[C@H]3C(=O)NC3CCC(NC(=O)[C@@H]4Cc5ccccc5[C@@H]4NC(=O)[C@H]4N5C(=O)[C@@H](NC(C)(S)[C@H](C)NC)CCS[C@H]5CC4(C)C)CC3)N2C1=O. The molecule has 8 N–H and O–H groups in total. The zero-order valence-electron chi connectivity index (χ0n) is 46.2. The van der Waals surface area contributed by atoms with Gasteiger partial charge in [-0.3, -0.25) is 34.1 Å². The van der Waals surface area contributed by atoms with Crippen LogP contribution in [0.1, 0.15) is 134 Å². The molecule has 4 heterocycles. The van der Waals surface area contributed by atoms with Gasteiger partial charge in [0, 0.05) is 18.1 Å². The highest BCUT2D eigenvalue weighted by atomic mass is 32.2. The molecule has 16 nitrogen and oxygen atoms in total. The van der Waals surface area contributed by atoms with Crippen molar-refractivity contribution in [2.45, 2.75) is 189 Å². The molecule has 0 aromatic heterocycles. The van der Waals surface area contributed by atoms with Crippen LogP contribution in [0.4, 0.5) is 0 Å². The van der Waals surface area contributed by atoms with Crippen LogP contribution < -0.4 is 42.5 Å². The quantitative estimate of drug-likeness (QED) is 0.0665. The van der Waals surface area contributed by atoms with Crippen LogP contribution in [-0.2, 0) is 41.6 Å². The molecule has 4 aliphatic heterocycles. The summed E-state index contributed by atoms with van der Waals surface area (Å²) in [5, 5.41) is 26.3. The van der Waals surface area contributed by atoms with Crippen molar-refractivity contribution in [3.05, 3.63) is 70.8 Å². The summed E-state index contributed by atoms with van der Waals surface area (Å²) >= 11 is 14.0. The molecule has 2 aromatic rings. The van der Waals surface area contributed by atoms with Gasteiger partial charge in [0.15, 0.2) is 0 Å². The lowest BCUT2D eigenvalue weighted by Crippen LogP contribution is -2.61. The maximum absolute atomic E-state index is 14.9. The average Bonchev–Trinajstić information content (AvgIpc) is 4.17. The number of thiol groups is 1. The molecule has 420 valence electrons. The van der Waals surface area contributed by atoms with Crippen molar-refractivity contribution in [1.82, 2.24) is 52.3 Å². The molecular formula is C57H82N10O6S4. The van der Waals surface area contributed by atoms with Gasteiger partial charge in [0.1, 0.15) is 18.1 Å². The minimum Gasteiger partial charge on any atom is -0.367 e. The van der Waals surface area contributed by atoms with Gasteiger partial charge in [-0.2, -0.15) is 12.6 Å². The number of hydrogen-bond acceptors (Lipinski definition) is 13. The Morgan fingerprint density at radius 1 is 0.636 bits per heavy atom. The predicted molar refractivity (Wildman–Crippen MR) is 312 cm³/mol. The Morgan fingerprint density at radius 3 is 1.51 bits per heavy atom. The summed E-state index contributed by atoms with van der Waals surface area (Å²) in [6, 6.07) is 11.7. The molecule has 77 heavy (non-hydrogen) atoms. The lowest BCUT2D eigenvalue weighted by Gasteiger charge is -2.38. The number of carbonyl (C=O) groups is 6. The van der Waals surface area contributed by atoms with Crippen molar-refractivity contribution in [1.29, 1.82) is 0 Å². The molecule has 0 spiro atoms. The second-order valence-corrected chi connectivity index (χ2v) is 28.3. The summed E-state index contributed by atoms with van der Waals surface area (Å²) in [7, 11) is 3.69. The fraction of sp³-hybridized carbons (Fsp3) is 0.667. The Hall–Kier alpha value is -3.92. The van der Waals surface area contributed by atoms with Gasteiger partial charge in [-0.25, -0.2) is 0 Å². The van der Waals surface area contributed by atoms with Crippen LogP contribution in [0.2, 0.25) is 0 Å². The molecule has 0 radical (unpaired) electrons. The van der Waals surface area contributed by atoms with E-state index in [1.807, 2.05) is 88.3 Å². The summed E-state index contributed by atoms with van der Waals surface area (Å²) in [5.41, 5.74) is 2.81. The van der Waals surface area contributed by atoms with E-state index in [0.717, 1.165) is 33.8 Å². The summed E-state index contributed by atoms with van der Waals surface area (Å²) in [5.74, 6) is -0.583. The first kappa shape index (κ1) is 57.8. The maximum atomic E-state index is 14.9. The second kappa shape index (κ2) is 23.3. The van der Waals surface area contributed by atoms with Crippen molar-refractivity contribution in [3.8, 4) is 0 Å². The molecule has 0 bridgehead atoms. The van der Waals surface area contributed by atoms with Crippen LogP contribution >= 0.6 is 48.4 Å². The van der Waals surface area contributed by atoms with Crippen LogP contribution in [0.25, 0.3) is 0 Å². The molecule has 6 amide bonds. The molecule has 4 saturated heterocycles. The van der Waals surface area contributed by atoms with Crippen molar-refractivity contribution >= 4 is 88.8 Å². The number of thioether (sulfide) groups is 2. The van der Waals surface area contributed by atoms with Gasteiger partial charge in [0.25, 0.3) is 0 Å². The van der Waals surface area contributed by atoms with Gasteiger partial charge in [-0.1, -0.05) is 88.4 Å². The number of rotatable bonds is 15. The maximum Gasteiger partial charge on any atom is 0.246 e. The Labute approximate surface area is 475 Å². The highest BCUT2D eigenvalue weighted by molar-refractivity contribution is 8.00. The van der Waals surface area contributed by atoms with Crippen molar-refractivity contribution in [2.75, 3.05) is 25.6 Å². The third kappa shape index (κ3) is 11.8. The number of nitrogens with zero attached hydrogens (tertiary/aromatic N) is 2. The first-order valence-electron chi connectivity index (χ1n) is 27.9. The minimum absolute atomic E-state index is 0.0353. The summed E-state index contributed by atoms with van der Waals surface area (Å²) in [6.45, 7) is 14.2. The molecule has 20 heteroatoms. The molecule has 3 aliphatic carbocycles. The number of amides is 6. The molecule has 1 saturated carbocycles.